The van der Waals surface area contributed by atoms with Crippen LogP contribution >= 0.6 is 12.2 Å². The van der Waals surface area contributed by atoms with Crippen LogP contribution in [-0.4, -0.2) is 12.0 Å². The molecule has 70 valence electrons. The Bertz CT molecular complexity index is 345. The van der Waals surface area contributed by atoms with Gasteiger partial charge in [-0.1, -0.05) is 18.3 Å². The molecule has 0 aliphatic rings. The van der Waals surface area contributed by atoms with Crippen molar-refractivity contribution >= 4 is 22.9 Å². The van der Waals surface area contributed by atoms with Crippen LogP contribution in [0, 0.1) is 13.8 Å². The van der Waals surface area contributed by atoms with Gasteiger partial charge in [0.25, 0.3) is 0 Å². The number of benzene rings is 1. The Labute approximate surface area is 84.1 Å². The van der Waals surface area contributed by atoms with Gasteiger partial charge in [0.15, 0.2) is 0 Å². The van der Waals surface area contributed by atoms with Gasteiger partial charge in [0.05, 0.1) is 0 Å². The number of hydrogen-bond acceptors (Lipinski definition) is 2. The molecule has 0 atom stereocenters. The Morgan fingerprint density at radius 3 is 2.46 bits per heavy atom. The molecule has 1 rings (SSSR count). The molecule has 0 saturated carbocycles. The third-order valence-electron chi connectivity index (χ3n) is 2.25. The highest BCUT2D eigenvalue weighted by atomic mass is 32.1. The molecular formula is C10H14N2S. The lowest BCUT2D eigenvalue weighted by atomic mass is 10.0. The third-order valence-corrected chi connectivity index (χ3v) is 2.47. The number of nitrogens with one attached hydrogen (secondary N) is 1. The molecule has 3 heteroatoms. The Morgan fingerprint density at radius 1 is 1.38 bits per heavy atom. The van der Waals surface area contributed by atoms with E-state index >= 15 is 0 Å². The number of rotatable bonds is 2. The van der Waals surface area contributed by atoms with E-state index in [1.54, 1.807) is 0 Å². The fraction of sp³-hybridized carbons (Fsp3) is 0.300. The Kier molecular flexibility index (Phi) is 2.88. The standard InChI is InChI=1S/C10H14N2S/c1-6-4-5-8(10(11)13)9(12-3)7(6)2/h4-5,12H,1-3H3,(H2,11,13). The Hall–Kier alpha value is -1.09. The van der Waals surface area contributed by atoms with Gasteiger partial charge in [0.2, 0.25) is 0 Å². The first-order chi connectivity index (χ1) is 6.07. The average Bonchev–Trinajstić information content (AvgIpc) is 2.09. The second-order valence-corrected chi connectivity index (χ2v) is 3.48. The van der Waals surface area contributed by atoms with Gasteiger partial charge in [0.1, 0.15) is 4.99 Å². The van der Waals surface area contributed by atoms with Gasteiger partial charge in [-0.15, -0.1) is 0 Å². The molecule has 0 amide bonds. The van der Waals surface area contributed by atoms with E-state index in [0.717, 1.165) is 11.3 Å². The maximum absolute atomic E-state index is 5.60. The van der Waals surface area contributed by atoms with Gasteiger partial charge in [-0.25, -0.2) is 0 Å². The maximum atomic E-state index is 5.60. The predicted octanol–water partition coefficient (Wildman–Crippen LogP) is 1.98. The zero-order valence-electron chi connectivity index (χ0n) is 8.14. The molecule has 1 aromatic carbocycles. The van der Waals surface area contributed by atoms with Crippen molar-refractivity contribution < 1.29 is 0 Å². The smallest absolute Gasteiger partial charge is 0.106 e. The van der Waals surface area contributed by atoms with E-state index in [-0.39, 0.29) is 0 Å². The number of nitrogens with two attached hydrogens (primary N) is 1. The summed E-state index contributed by atoms with van der Waals surface area (Å²) in [5.41, 5.74) is 9.99. The molecule has 0 unspecified atom stereocenters. The minimum absolute atomic E-state index is 0.437. The third kappa shape index (κ3) is 1.80. The zero-order valence-corrected chi connectivity index (χ0v) is 8.96. The summed E-state index contributed by atoms with van der Waals surface area (Å²) in [5, 5.41) is 3.12. The van der Waals surface area contributed by atoms with E-state index in [0.29, 0.717) is 4.99 Å². The summed E-state index contributed by atoms with van der Waals surface area (Å²) < 4.78 is 0. The molecule has 0 aliphatic carbocycles. The molecule has 0 spiro atoms. The van der Waals surface area contributed by atoms with Crippen LogP contribution in [0.3, 0.4) is 0 Å². The summed E-state index contributed by atoms with van der Waals surface area (Å²) in [6, 6.07) is 3.99. The summed E-state index contributed by atoms with van der Waals surface area (Å²) >= 11 is 4.96. The van der Waals surface area contributed by atoms with Crippen LogP contribution < -0.4 is 11.1 Å². The van der Waals surface area contributed by atoms with E-state index in [4.69, 9.17) is 18.0 Å². The van der Waals surface area contributed by atoms with Crippen molar-refractivity contribution in [3.05, 3.63) is 28.8 Å². The van der Waals surface area contributed by atoms with Crippen molar-refractivity contribution in [2.75, 3.05) is 12.4 Å². The fourth-order valence-corrected chi connectivity index (χ4v) is 1.51. The van der Waals surface area contributed by atoms with Crippen molar-refractivity contribution in [2.24, 2.45) is 5.73 Å². The number of aryl methyl sites for hydroxylation is 1. The average molecular weight is 194 g/mol. The van der Waals surface area contributed by atoms with Crippen LogP contribution in [0.15, 0.2) is 12.1 Å². The van der Waals surface area contributed by atoms with Crippen molar-refractivity contribution in [1.82, 2.24) is 0 Å². The zero-order chi connectivity index (χ0) is 10.0. The van der Waals surface area contributed by atoms with Gasteiger partial charge < -0.3 is 11.1 Å². The highest BCUT2D eigenvalue weighted by molar-refractivity contribution is 7.80. The van der Waals surface area contributed by atoms with E-state index in [1.807, 2.05) is 19.2 Å². The molecule has 0 aliphatic heterocycles. The lowest BCUT2D eigenvalue weighted by Crippen LogP contribution is -2.13. The molecule has 0 aromatic heterocycles. The first kappa shape index (κ1) is 9.99. The van der Waals surface area contributed by atoms with Crippen LogP contribution in [-0.2, 0) is 0 Å². The number of thiocarbonyl (C=S) groups is 1. The van der Waals surface area contributed by atoms with E-state index in [1.165, 1.54) is 11.1 Å². The summed E-state index contributed by atoms with van der Waals surface area (Å²) in [7, 11) is 1.88. The molecule has 13 heavy (non-hydrogen) atoms. The van der Waals surface area contributed by atoms with Crippen molar-refractivity contribution in [2.45, 2.75) is 13.8 Å². The van der Waals surface area contributed by atoms with E-state index in [9.17, 15) is 0 Å². The lowest BCUT2D eigenvalue weighted by molar-refractivity contribution is 1.31. The second kappa shape index (κ2) is 3.75. The summed E-state index contributed by atoms with van der Waals surface area (Å²) in [6.45, 7) is 4.13. The fourth-order valence-electron chi connectivity index (χ4n) is 1.34. The largest absolute Gasteiger partial charge is 0.389 e. The lowest BCUT2D eigenvalue weighted by Gasteiger charge is -2.12. The highest BCUT2D eigenvalue weighted by Gasteiger charge is 2.07. The van der Waals surface area contributed by atoms with Crippen LogP contribution in [0.1, 0.15) is 16.7 Å². The van der Waals surface area contributed by atoms with Gasteiger partial charge in [-0.3, -0.25) is 0 Å². The summed E-state index contributed by atoms with van der Waals surface area (Å²) in [6.07, 6.45) is 0. The molecule has 0 heterocycles. The molecule has 0 fully saturated rings. The number of anilines is 1. The number of hydrogen-bond donors (Lipinski definition) is 2. The molecule has 0 radical (unpaired) electrons. The topological polar surface area (TPSA) is 38.0 Å². The minimum atomic E-state index is 0.437. The van der Waals surface area contributed by atoms with Gasteiger partial charge in [0, 0.05) is 18.3 Å². The van der Waals surface area contributed by atoms with E-state index < -0.39 is 0 Å². The van der Waals surface area contributed by atoms with E-state index in [2.05, 4.69) is 19.2 Å². The summed E-state index contributed by atoms with van der Waals surface area (Å²) in [4.78, 5) is 0.437. The molecular weight excluding hydrogens is 180 g/mol. The molecule has 0 bridgehead atoms. The van der Waals surface area contributed by atoms with Crippen LogP contribution in [0.5, 0.6) is 0 Å². The quantitative estimate of drug-likeness (QED) is 0.707. The minimum Gasteiger partial charge on any atom is -0.389 e. The molecule has 2 nitrogen and oxygen atoms in total. The van der Waals surface area contributed by atoms with Gasteiger partial charge in [-0.05, 0) is 31.0 Å². The van der Waals surface area contributed by atoms with Crippen molar-refractivity contribution in [1.29, 1.82) is 0 Å². The van der Waals surface area contributed by atoms with Crippen LogP contribution in [0.4, 0.5) is 5.69 Å². The van der Waals surface area contributed by atoms with Crippen molar-refractivity contribution in [3.8, 4) is 0 Å². The predicted molar refractivity (Wildman–Crippen MR) is 61.4 cm³/mol. The second-order valence-electron chi connectivity index (χ2n) is 3.04. The maximum Gasteiger partial charge on any atom is 0.106 e. The first-order valence-electron chi connectivity index (χ1n) is 4.15. The highest BCUT2D eigenvalue weighted by Crippen LogP contribution is 2.22. The SMILES string of the molecule is CNc1c(C(N)=S)ccc(C)c1C. The molecule has 0 saturated heterocycles. The Morgan fingerprint density at radius 2 is 2.00 bits per heavy atom. The first-order valence-corrected chi connectivity index (χ1v) is 4.56. The van der Waals surface area contributed by atoms with Crippen molar-refractivity contribution in [3.63, 3.8) is 0 Å². The van der Waals surface area contributed by atoms with Gasteiger partial charge in [-0.2, -0.15) is 0 Å². The van der Waals surface area contributed by atoms with Crippen LogP contribution in [0.2, 0.25) is 0 Å². The van der Waals surface area contributed by atoms with Gasteiger partial charge >= 0.3 is 0 Å². The summed E-state index contributed by atoms with van der Waals surface area (Å²) in [5.74, 6) is 0. The monoisotopic (exact) mass is 194 g/mol. The normalized spacial score (nSPS) is 9.77. The Balaban J connectivity index is 3.38. The molecule has 3 N–H and O–H groups in total. The van der Waals surface area contributed by atoms with Crippen LogP contribution in [0.25, 0.3) is 0 Å². The molecule has 1 aromatic rings.